The molecular weight excluding hydrogens is 236 g/mol. The highest BCUT2D eigenvalue weighted by atomic mass is 16.5. The number of rotatable bonds is 5. The summed E-state index contributed by atoms with van der Waals surface area (Å²) < 4.78 is 9.63. The van der Waals surface area contributed by atoms with E-state index < -0.39 is 5.97 Å². The molecule has 0 saturated carbocycles. The Labute approximate surface area is 105 Å². The maximum Gasteiger partial charge on any atom is 0.337 e. The van der Waals surface area contributed by atoms with Crippen LogP contribution in [0.3, 0.4) is 0 Å². The van der Waals surface area contributed by atoms with Crippen molar-refractivity contribution in [2.24, 2.45) is 0 Å². The third kappa shape index (κ3) is 2.80. The van der Waals surface area contributed by atoms with Crippen molar-refractivity contribution in [2.75, 3.05) is 14.2 Å². The largest absolute Gasteiger partial charge is 0.504 e. The van der Waals surface area contributed by atoms with Gasteiger partial charge in [-0.15, -0.1) is 0 Å². The number of carbonyl (C=O) groups excluding carboxylic acids is 2. The van der Waals surface area contributed by atoms with Crippen LogP contribution < -0.4 is 4.74 Å². The van der Waals surface area contributed by atoms with Crippen LogP contribution in [0.5, 0.6) is 11.5 Å². The predicted octanol–water partition coefficient (Wildman–Crippen LogP) is 1.88. The first-order valence-electron chi connectivity index (χ1n) is 5.48. The van der Waals surface area contributed by atoms with E-state index in [1.165, 1.54) is 26.4 Å². The van der Waals surface area contributed by atoms with E-state index in [4.69, 9.17) is 4.74 Å². The fraction of sp³-hybridized carbons (Fsp3) is 0.385. The zero-order valence-corrected chi connectivity index (χ0v) is 10.6. The molecule has 0 aliphatic rings. The highest BCUT2D eigenvalue weighted by molar-refractivity contribution is 5.90. The first kappa shape index (κ1) is 14.0. The number of aromatic hydroxyl groups is 1. The summed E-state index contributed by atoms with van der Waals surface area (Å²) in [5.41, 5.74) is 0.766. The molecule has 1 N–H and O–H groups in total. The molecule has 1 aromatic rings. The number of carbonyl (C=O) groups is 2. The lowest BCUT2D eigenvalue weighted by molar-refractivity contribution is -0.108. The number of esters is 1. The zero-order chi connectivity index (χ0) is 13.7. The minimum absolute atomic E-state index is 0.0560. The number of ether oxygens (including phenoxy) is 2. The highest BCUT2D eigenvalue weighted by Gasteiger charge is 2.18. The van der Waals surface area contributed by atoms with Crippen LogP contribution >= 0.6 is 0 Å². The van der Waals surface area contributed by atoms with Crippen molar-refractivity contribution in [2.45, 2.75) is 19.3 Å². The molecule has 0 aliphatic carbocycles. The predicted molar refractivity (Wildman–Crippen MR) is 65.1 cm³/mol. The Balaban J connectivity index is 3.30. The van der Waals surface area contributed by atoms with Crippen LogP contribution in [0.25, 0.3) is 0 Å². The van der Waals surface area contributed by atoms with Gasteiger partial charge in [-0.25, -0.2) is 4.79 Å². The van der Waals surface area contributed by atoms with E-state index in [0.717, 1.165) is 6.29 Å². The minimum atomic E-state index is -0.521. The van der Waals surface area contributed by atoms with Gasteiger partial charge >= 0.3 is 5.97 Å². The number of methoxy groups -OCH3 is 2. The molecule has 0 radical (unpaired) electrons. The molecule has 1 atom stereocenters. The van der Waals surface area contributed by atoms with Gasteiger partial charge in [-0.3, -0.25) is 0 Å². The average Bonchev–Trinajstić information content (AvgIpc) is 2.38. The summed E-state index contributed by atoms with van der Waals surface area (Å²) in [6.45, 7) is 1.78. The molecule has 18 heavy (non-hydrogen) atoms. The van der Waals surface area contributed by atoms with Gasteiger partial charge in [-0.2, -0.15) is 0 Å². The van der Waals surface area contributed by atoms with Crippen molar-refractivity contribution in [1.82, 2.24) is 0 Å². The van der Waals surface area contributed by atoms with Crippen molar-refractivity contribution in [3.63, 3.8) is 0 Å². The van der Waals surface area contributed by atoms with E-state index in [0.29, 0.717) is 5.56 Å². The van der Waals surface area contributed by atoms with Gasteiger partial charge in [-0.05, 0) is 18.1 Å². The standard InChI is InChI=1S/C13H16O5/c1-8(4-5-14)10-6-9(13(16)18-3)7-11(17-2)12(10)15/h5-8,15H,4H2,1-3H3. The molecule has 0 saturated heterocycles. The van der Waals surface area contributed by atoms with Crippen LogP contribution in [0.4, 0.5) is 0 Å². The monoisotopic (exact) mass is 252 g/mol. The molecular formula is C13H16O5. The summed E-state index contributed by atoms with van der Waals surface area (Å²) in [5.74, 6) is -0.598. The van der Waals surface area contributed by atoms with Crippen LogP contribution in [-0.2, 0) is 9.53 Å². The van der Waals surface area contributed by atoms with Crippen molar-refractivity contribution < 1.29 is 24.2 Å². The Morgan fingerprint density at radius 1 is 1.44 bits per heavy atom. The zero-order valence-electron chi connectivity index (χ0n) is 10.6. The SMILES string of the molecule is COC(=O)c1cc(OC)c(O)c(C(C)CC=O)c1. The van der Waals surface area contributed by atoms with Gasteiger partial charge in [0.2, 0.25) is 0 Å². The third-order valence-electron chi connectivity index (χ3n) is 2.73. The maximum absolute atomic E-state index is 11.5. The van der Waals surface area contributed by atoms with E-state index in [-0.39, 0.29) is 29.4 Å². The lowest BCUT2D eigenvalue weighted by Crippen LogP contribution is -2.05. The Bertz CT molecular complexity index is 453. The third-order valence-corrected chi connectivity index (χ3v) is 2.73. The molecule has 1 rings (SSSR count). The first-order valence-corrected chi connectivity index (χ1v) is 5.48. The van der Waals surface area contributed by atoms with Gasteiger partial charge in [0, 0.05) is 12.0 Å². The number of hydrogen-bond donors (Lipinski definition) is 1. The first-order chi connectivity index (χ1) is 8.54. The van der Waals surface area contributed by atoms with Crippen molar-refractivity contribution in [3.8, 4) is 11.5 Å². The summed E-state index contributed by atoms with van der Waals surface area (Å²) in [6, 6.07) is 2.91. The molecule has 0 amide bonds. The number of phenols is 1. The second kappa shape index (κ2) is 6.05. The Kier molecular flexibility index (Phi) is 4.71. The summed E-state index contributed by atoms with van der Waals surface area (Å²) >= 11 is 0. The highest BCUT2D eigenvalue weighted by Crippen LogP contribution is 2.37. The molecule has 98 valence electrons. The number of phenolic OH excluding ortho intramolecular Hbond substituents is 1. The molecule has 1 aromatic carbocycles. The van der Waals surface area contributed by atoms with E-state index in [2.05, 4.69) is 4.74 Å². The Morgan fingerprint density at radius 2 is 2.11 bits per heavy atom. The van der Waals surface area contributed by atoms with Crippen molar-refractivity contribution in [3.05, 3.63) is 23.3 Å². The Hall–Kier alpha value is -2.04. The fourth-order valence-corrected chi connectivity index (χ4v) is 1.67. The second-order valence-corrected chi connectivity index (χ2v) is 3.91. The maximum atomic E-state index is 11.5. The second-order valence-electron chi connectivity index (χ2n) is 3.91. The lowest BCUT2D eigenvalue weighted by atomic mass is 9.95. The van der Waals surface area contributed by atoms with Gasteiger partial charge in [0.05, 0.1) is 19.8 Å². The summed E-state index contributed by atoms with van der Waals surface area (Å²) in [4.78, 5) is 22.0. The number of hydrogen-bond acceptors (Lipinski definition) is 5. The topological polar surface area (TPSA) is 72.8 Å². The molecule has 0 spiro atoms. The van der Waals surface area contributed by atoms with Crippen molar-refractivity contribution >= 4 is 12.3 Å². The van der Waals surface area contributed by atoms with Crippen LogP contribution in [0, 0.1) is 0 Å². The molecule has 1 unspecified atom stereocenters. The molecule has 0 bridgehead atoms. The van der Waals surface area contributed by atoms with Crippen LogP contribution in [0.15, 0.2) is 12.1 Å². The summed E-state index contributed by atoms with van der Waals surface area (Å²) in [7, 11) is 2.67. The van der Waals surface area contributed by atoms with E-state index in [1.807, 2.05) is 0 Å². The normalized spacial score (nSPS) is 11.7. The molecule has 0 aromatic heterocycles. The van der Waals surface area contributed by atoms with Gasteiger partial charge in [0.25, 0.3) is 0 Å². The molecule has 5 heteroatoms. The van der Waals surface area contributed by atoms with Gasteiger partial charge in [-0.1, -0.05) is 6.92 Å². The van der Waals surface area contributed by atoms with Gasteiger partial charge in [0.15, 0.2) is 11.5 Å². The molecule has 5 nitrogen and oxygen atoms in total. The molecule has 0 heterocycles. The molecule has 0 aliphatic heterocycles. The van der Waals surface area contributed by atoms with E-state index >= 15 is 0 Å². The average molecular weight is 252 g/mol. The lowest BCUT2D eigenvalue weighted by Gasteiger charge is -2.15. The van der Waals surface area contributed by atoms with Crippen LogP contribution in [-0.4, -0.2) is 31.6 Å². The quantitative estimate of drug-likeness (QED) is 0.639. The van der Waals surface area contributed by atoms with E-state index in [9.17, 15) is 14.7 Å². The van der Waals surface area contributed by atoms with Crippen molar-refractivity contribution in [1.29, 1.82) is 0 Å². The number of benzene rings is 1. The van der Waals surface area contributed by atoms with Crippen LogP contribution in [0.2, 0.25) is 0 Å². The van der Waals surface area contributed by atoms with Gasteiger partial charge in [0.1, 0.15) is 6.29 Å². The Morgan fingerprint density at radius 3 is 2.61 bits per heavy atom. The fourth-order valence-electron chi connectivity index (χ4n) is 1.67. The minimum Gasteiger partial charge on any atom is -0.504 e. The summed E-state index contributed by atoms with van der Waals surface area (Å²) in [6.07, 6.45) is 1.02. The summed E-state index contributed by atoms with van der Waals surface area (Å²) in [5, 5.41) is 9.97. The van der Waals surface area contributed by atoms with Gasteiger partial charge < -0.3 is 19.4 Å². The smallest absolute Gasteiger partial charge is 0.337 e. The van der Waals surface area contributed by atoms with Crippen LogP contribution in [0.1, 0.15) is 35.2 Å². The van der Waals surface area contributed by atoms with E-state index in [1.54, 1.807) is 6.92 Å². The molecule has 0 fully saturated rings. The number of aldehydes is 1.